The van der Waals surface area contributed by atoms with E-state index in [9.17, 15) is 4.79 Å². The van der Waals surface area contributed by atoms with Gasteiger partial charge < -0.3 is 20.1 Å². The summed E-state index contributed by atoms with van der Waals surface area (Å²) in [6.07, 6.45) is 0. The molecule has 2 aromatic carbocycles. The van der Waals surface area contributed by atoms with Crippen molar-refractivity contribution in [1.29, 1.82) is 0 Å². The maximum absolute atomic E-state index is 12.9. The van der Waals surface area contributed by atoms with Gasteiger partial charge in [0.05, 0.1) is 20.8 Å². The lowest BCUT2D eigenvalue weighted by Crippen LogP contribution is -2.40. The highest BCUT2D eigenvalue weighted by atomic mass is 35.5. The first-order chi connectivity index (χ1) is 14.0. The molecule has 0 radical (unpaired) electrons. The van der Waals surface area contributed by atoms with Gasteiger partial charge in [0.2, 0.25) is 5.91 Å². The molecule has 1 saturated heterocycles. The number of hydrogen-bond acceptors (Lipinski definition) is 5. The lowest BCUT2D eigenvalue weighted by atomic mass is 9.95. The van der Waals surface area contributed by atoms with E-state index in [0.717, 1.165) is 18.7 Å². The van der Waals surface area contributed by atoms with Crippen molar-refractivity contribution >= 4 is 18.3 Å². The predicted molar refractivity (Wildman–Crippen MR) is 121 cm³/mol. The Morgan fingerprint density at radius 3 is 2.43 bits per heavy atom. The van der Waals surface area contributed by atoms with Crippen molar-refractivity contribution in [2.45, 2.75) is 25.4 Å². The maximum atomic E-state index is 12.9. The maximum Gasteiger partial charge on any atom is 0.237 e. The van der Waals surface area contributed by atoms with Gasteiger partial charge in [0, 0.05) is 38.1 Å². The normalized spacial score (nSPS) is 18.5. The Morgan fingerprint density at radius 2 is 1.80 bits per heavy atom. The van der Waals surface area contributed by atoms with Crippen LogP contribution >= 0.6 is 12.4 Å². The number of rotatable bonds is 8. The number of ether oxygens (including phenoxy) is 2. The third-order valence-corrected chi connectivity index (χ3v) is 5.58. The summed E-state index contributed by atoms with van der Waals surface area (Å²) in [4.78, 5) is 17.0. The Bertz CT molecular complexity index is 819. The highest BCUT2D eigenvalue weighted by Crippen LogP contribution is 2.28. The molecule has 30 heavy (non-hydrogen) atoms. The molecule has 0 unspecified atom stereocenters. The van der Waals surface area contributed by atoms with E-state index in [1.165, 1.54) is 5.56 Å². The second-order valence-electron chi connectivity index (χ2n) is 7.47. The quantitative estimate of drug-likeness (QED) is 0.693. The molecule has 2 atom stereocenters. The number of carbonyl (C=O) groups is 1. The van der Waals surface area contributed by atoms with Crippen LogP contribution in [0.4, 0.5) is 0 Å². The molecule has 164 valence electrons. The van der Waals surface area contributed by atoms with E-state index in [4.69, 9.17) is 15.2 Å². The summed E-state index contributed by atoms with van der Waals surface area (Å²) < 4.78 is 10.7. The predicted octanol–water partition coefficient (Wildman–Crippen LogP) is 2.90. The Hall–Kier alpha value is -2.28. The van der Waals surface area contributed by atoms with Gasteiger partial charge in [0.1, 0.15) is 0 Å². The van der Waals surface area contributed by atoms with Crippen molar-refractivity contribution in [3.63, 3.8) is 0 Å². The van der Waals surface area contributed by atoms with Crippen LogP contribution in [0.1, 0.15) is 24.0 Å². The van der Waals surface area contributed by atoms with Gasteiger partial charge in [-0.2, -0.15) is 0 Å². The van der Waals surface area contributed by atoms with Crippen LogP contribution in [-0.2, 0) is 11.3 Å². The van der Waals surface area contributed by atoms with Crippen molar-refractivity contribution < 1.29 is 14.3 Å². The Morgan fingerprint density at radius 1 is 1.10 bits per heavy atom. The number of benzene rings is 2. The number of methoxy groups -OCH3 is 2. The second kappa shape index (κ2) is 11.2. The first-order valence-corrected chi connectivity index (χ1v) is 10.1. The van der Waals surface area contributed by atoms with Gasteiger partial charge >= 0.3 is 0 Å². The van der Waals surface area contributed by atoms with Crippen LogP contribution in [-0.4, -0.2) is 62.1 Å². The zero-order valence-electron chi connectivity index (χ0n) is 17.9. The Labute approximate surface area is 185 Å². The standard InChI is InChI=1S/C23H31N3O3.ClH/c1-4-26(13-17-10-11-21(28-2)22(12-17)29-3)23(27)16-25-14-19(20(24)15-25)18-8-6-5-7-9-18;/h5-12,19-20H,4,13-16,24H2,1-3H3;1H/t19-,20+;/m0./s1. The minimum Gasteiger partial charge on any atom is -0.493 e. The summed E-state index contributed by atoms with van der Waals surface area (Å²) in [6, 6.07) is 16.1. The number of nitrogens with zero attached hydrogens (tertiary/aromatic N) is 2. The first-order valence-electron chi connectivity index (χ1n) is 10.1. The van der Waals surface area contributed by atoms with Crippen molar-refractivity contribution in [3.05, 3.63) is 59.7 Å². The largest absolute Gasteiger partial charge is 0.493 e. The van der Waals surface area contributed by atoms with Crippen LogP contribution in [0.3, 0.4) is 0 Å². The van der Waals surface area contributed by atoms with Crippen LogP contribution < -0.4 is 15.2 Å². The highest BCUT2D eigenvalue weighted by Gasteiger charge is 2.32. The minimum atomic E-state index is 0. The van der Waals surface area contributed by atoms with Crippen LogP contribution in [0.15, 0.2) is 48.5 Å². The Balaban J connectivity index is 0.00000320. The molecule has 2 N–H and O–H groups in total. The number of halogens is 1. The average molecular weight is 434 g/mol. The Kier molecular flexibility index (Phi) is 8.96. The van der Waals surface area contributed by atoms with E-state index in [1.807, 2.05) is 48.2 Å². The summed E-state index contributed by atoms with van der Waals surface area (Å²) in [6.45, 7) is 5.12. The number of likely N-dealkylation sites (N-methyl/N-ethyl adjacent to an activating group) is 1. The number of hydrogen-bond donors (Lipinski definition) is 1. The molecule has 0 saturated carbocycles. The van der Waals surface area contributed by atoms with Crippen molar-refractivity contribution in [1.82, 2.24) is 9.80 Å². The SMILES string of the molecule is CCN(Cc1ccc(OC)c(OC)c1)C(=O)CN1C[C@@H](N)[C@H](c2ccccc2)C1.Cl. The molecule has 0 aliphatic carbocycles. The summed E-state index contributed by atoms with van der Waals surface area (Å²) in [5.41, 5.74) is 8.63. The van der Waals surface area contributed by atoms with Crippen LogP contribution in [0.2, 0.25) is 0 Å². The zero-order chi connectivity index (χ0) is 20.8. The fourth-order valence-corrected chi connectivity index (χ4v) is 3.96. The molecular weight excluding hydrogens is 402 g/mol. The fraction of sp³-hybridized carbons (Fsp3) is 0.435. The molecule has 6 nitrogen and oxygen atoms in total. The monoisotopic (exact) mass is 433 g/mol. The van der Waals surface area contributed by atoms with Crippen molar-refractivity contribution in [3.8, 4) is 11.5 Å². The molecule has 7 heteroatoms. The molecule has 3 rings (SSSR count). The molecular formula is C23H32ClN3O3. The lowest BCUT2D eigenvalue weighted by molar-refractivity contribution is -0.132. The molecule has 0 spiro atoms. The fourth-order valence-electron chi connectivity index (χ4n) is 3.96. The summed E-state index contributed by atoms with van der Waals surface area (Å²) in [5.74, 6) is 1.74. The van der Waals surface area contributed by atoms with E-state index in [-0.39, 0.29) is 30.3 Å². The topological polar surface area (TPSA) is 68.0 Å². The minimum absolute atomic E-state index is 0. The van der Waals surface area contributed by atoms with Crippen LogP contribution in [0.25, 0.3) is 0 Å². The molecule has 1 amide bonds. The molecule has 0 aromatic heterocycles. The molecule has 2 aromatic rings. The summed E-state index contributed by atoms with van der Waals surface area (Å²) in [5, 5.41) is 0. The van der Waals surface area contributed by atoms with E-state index < -0.39 is 0 Å². The molecule has 1 heterocycles. The van der Waals surface area contributed by atoms with E-state index >= 15 is 0 Å². The first kappa shape index (κ1) is 24.0. The van der Waals surface area contributed by atoms with Crippen LogP contribution in [0.5, 0.6) is 11.5 Å². The van der Waals surface area contributed by atoms with Gasteiger partial charge in [-0.1, -0.05) is 36.4 Å². The van der Waals surface area contributed by atoms with Gasteiger partial charge in [-0.25, -0.2) is 0 Å². The highest BCUT2D eigenvalue weighted by molar-refractivity contribution is 5.85. The molecule has 1 fully saturated rings. The summed E-state index contributed by atoms with van der Waals surface area (Å²) in [7, 11) is 3.23. The molecule has 0 bridgehead atoms. The smallest absolute Gasteiger partial charge is 0.237 e. The van der Waals surface area contributed by atoms with Gasteiger partial charge in [-0.05, 0) is 30.2 Å². The second-order valence-corrected chi connectivity index (χ2v) is 7.47. The zero-order valence-corrected chi connectivity index (χ0v) is 18.7. The van der Waals surface area contributed by atoms with Gasteiger partial charge in [-0.15, -0.1) is 12.4 Å². The summed E-state index contributed by atoms with van der Waals surface area (Å²) >= 11 is 0. The van der Waals surface area contributed by atoms with Gasteiger partial charge in [-0.3, -0.25) is 9.69 Å². The lowest BCUT2D eigenvalue weighted by Gasteiger charge is -2.24. The van der Waals surface area contributed by atoms with Crippen molar-refractivity contribution in [2.24, 2.45) is 5.73 Å². The van der Waals surface area contributed by atoms with Crippen LogP contribution in [0, 0.1) is 0 Å². The molecule has 1 aliphatic heterocycles. The number of nitrogens with two attached hydrogens (primary N) is 1. The van der Waals surface area contributed by atoms with E-state index in [2.05, 4.69) is 17.0 Å². The van der Waals surface area contributed by atoms with E-state index in [1.54, 1.807) is 14.2 Å². The number of amides is 1. The van der Waals surface area contributed by atoms with Gasteiger partial charge in [0.15, 0.2) is 11.5 Å². The molecule has 1 aliphatic rings. The third-order valence-electron chi connectivity index (χ3n) is 5.58. The van der Waals surface area contributed by atoms with Crippen molar-refractivity contribution in [2.75, 3.05) is 40.4 Å². The van der Waals surface area contributed by atoms with E-state index in [0.29, 0.717) is 31.1 Å². The van der Waals surface area contributed by atoms with Gasteiger partial charge in [0.25, 0.3) is 0 Å². The number of carbonyl (C=O) groups excluding carboxylic acids is 1. The number of likely N-dealkylation sites (tertiary alicyclic amines) is 1. The average Bonchev–Trinajstić information content (AvgIpc) is 3.12. The third kappa shape index (κ3) is 5.65.